The molecule has 0 spiro atoms. The Balaban J connectivity index is 2.40. The van der Waals surface area contributed by atoms with Gasteiger partial charge in [-0.25, -0.2) is 0 Å². The Kier molecular flexibility index (Phi) is 1.79. The standard InChI is InChI=1S/C7H6INO4/c1-2-4-6(7(11)12)9-5(10)3-8(9)13-4/h2H,1,3H2,(H,11,12)/q-1. The fourth-order valence-electron chi connectivity index (χ4n) is 1.08. The fraction of sp³-hybridized carbons (Fsp3) is 0.143. The Hall–Kier alpha value is -1.05. The van der Waals surface area contributed by atoms with E-state index in [9.17, 15) is 9.59 Å². The molecule has 1 amide bonds. The van der Waals surface area contributed by atoms with Crippen LogP contribution in [0.1, 0.15) is 0 Å². The molecule has 0 atom stereocenters. The number of carbonyl (C=O) groups excluding carboxylic acids is 1. The van der Waals surface area contributed by atoms with Crippen LogP contribution in [-0.2, 0) is 12.7 Å². The summed E-state index contributed by atoms with van der Waals surface area (Å²) in [6.45, 7) is 3.44. The number of allylic oxidation sites excluding steroid dienone is 1. The van der Waals surface area contributed by atoms with E-state index in [1.165, 1.54) is 9.19 Å². The Morgan fingerprint density at radius 2 is 2.46 bits per heavy atom. The molecule has 1 N–H and O–H groups in total. The van der Waals surface area contributed by atoms with E-state index in [1.54, 1.807) is 0 Å². The second-order valence-corrected chi connectivity index (χ2v) is 6.27. The third-order valence-corrected chi connectivity index (χ3v) is 6.01. The third-order valence-electron chi connectivity index (χ3n) is 1.63. The SMILES string of the molecule is C=CC1=C(C(=O)O)N2C(=O)C[I-]2O1. The van der Waals surface area contributed by atoms with Crippen molar-refractivity contribution >= 4 is 11.9 Å². The minimum absolute atomic E-state index is 0.0311. The molecular formula is C7H6INO4-. The van der Waals surface area contributed by atoms with Crippen LogP contribution in [0.5, 0.6) is 0 Å². The molecule has 0 bridgehead atoms. The van der Waals surface area contributed by atoms with Gasteiger partial charge in [-0.1, -0.05) is 0 Å². The molecular weight excluding hydrogens is 289 g/mol. The molecule has 0 aromatic carbocycles. The topological polar surface area (TPSA) is 66.8 Å². The van der Waals surface area contributed by atoms with Crippen molar-refractivity contribution in [2.75, 3.05) is 4.43 Å². The van der Waals surface area contributed by atoms with Crippen molar-refractivity contribution in [3.63, 3.8) is 0 Å². The van der Waals surface area contributed by atoms with Crippen molar-refractivity contribution in [1.29, 1.82) is 0 Å². The van der Waals surface area contributed by atoms with Crippen molar-refractivity contribution in [3.05, 3.63) is 24.1 Å². The van der Waals surface area contributed by atoms with Gasteiger partial charge >= 0.3 is 81.8 Å². The number of nitrogens with zero attached hydrogens (tertiary/aromatic N) is 1. The van der Waals surface area contributed by atoms with Crippen LogP contribution in [0.4, 0.5) is 0 Å². The molecule has 2 aliphatic heterocycles. The number of amides is 1. The number of carbonyl (C=O) groups is 2. The zero-order valence-corrected chi connectivity index (χ0v) is 8.65. The van der Waals surface area contributed by atoms with E-state index in [2.05, 4.69) is 6.58 Å². The van der Waals surface area contributed by atoms with Gasteiger partial charge in [0.2, 0.25) is 0 Å². The van der Waals surface area contributed by atoms with Crippen molar-refractivity contribution in [1.82, 2.24) is 3.11 Å². The number of alkyl halides is 1. The third kappa shape index (κ3) is 1.05. The summed E-state index contributed by atoms with van der Waals surface area (Å²) in [6.07, 6.45) is 1.34. The average molecular weight is 295 g/mol. The molecule has 0 unspecified atom stereocenters. The van der Waals surface area contributed by atoms with Gasteiger partial charge in [-0.15, -0.1) is 0 Å². The van der Waals surface area contributed by atoms with E-state index in [4.69, 9.17) is 8.17 Å². The summed E-state index contributed by atoms with van der Waals surface area (Å²) in [5.41, 5.74) is -0.0311. The van der Waals surface area contributed by atoms with Crippen LogP contribution in [0, 0.1) is 0 Å². The molecule has 2 rings (SSSR count). The number of hydrogen-bond acceptors (Lipinski definition) is 3. The van der Waals surface area contributed by atoms with Gasteiger partial charge < -0.3 is 0 Å². The molecule has 6 heteroatoms. The van der Waals surface area contributed by atoms with Crippen molar-refractivity contribution < 1.29 is 38.3 Å². The van der Waals surface area contributed by atoms with Crippen LogP contribution in [0.3, 0.4) is 0 Å². The molecule has 13 heavy (non-hydrogen) atoms. The first-order valence-electron chi connectivity index (χ1n) is 3.42. The van der Waals surface area contributed by atoms with Crippen LogP contribution in [-0.4, -0.2) is 24.5 Å². The number of aliphatic carboxylic acids is 1. The monoisotopic (exact) mass is 295 g/mol. The second kappa shape index (κ2) is 2.72. The molecule has 5 nitrogen and oxygen atoms in total. The quantitative estimate of drug-likeness (QED) is 0.331. The Morgan fingerprint density at radius 3 is 2.92 bits per heavy atom. The average Bonchev–Trinajstić information content (AvgIpc) is 2.37. The molecule has 71 valence electrons. The Bertz CT molecular complexity index is 348. The number of carboxylic acids is 1. The first kappa shape index (κ1) is 8.54. The van der Waals surface area contributed by atoms with Crippen molar-refractivity contribution in [3.8, 4) is 0 Å². The second-order valence-electron chi connectivity index (χ2n) is 2.41. The molecule has 0 saturated carbocycles. The summed E-state index contributed by atoms with van der Waals surface area (Å²) in [5, 5.41) is 8.80. The summed E-state index contributed by atoms with van der Waals surface area (Å²) < 4.78 is 6.99. The first-order chi connectivity index (χ1) is 6.15. The van der Waals surface area contributed by atoms with E-state index in [-0.39, 0.29) is 17.4 Å². The van der Waals surface area contributed by atoms with Crippen LogP contribution >= 0.6 is 0 Å². The summed E-state index contributed by atoms with van der Waals surface area (Å²) in [4.78, 5) is 21.8. The van der Waals surface area contributed by atoms with Crippen molar-refractivity contribution in [2.24, 2.45) is 0 Å². The van der Waals surface area contributed by atoms with E-state index in [0.29, 0.717) is 4.43 Å². The number of rotatable bonds is 2. The fourth-order valence-corrected chi connectivity index (χ4v) is 4.80. The predicted octanol–water partition coefficient (Wildman–Crippen LogP) is -3.20. The summed E-state index contributed by atoms with van der Waals surface area (Å²) in [6, 6.07) is 0. The van der Waals surface area contributed by atoms with Crippen LogP contribution in [0.15, 0.2) is 24.1 Å². The number of fused-ring (bicyclic) bond motifs is 1. The molecule has 2 aliphatic rings. The number of hydrogen-bond donors (Lipinski definition) is 1. The van der Waals surface area contributed by atoms with Gasteiger partial charge in [0.15, 0.2) is 0 Å². The van der Waals surface area contributed by atoms with Gasteiger partial charge in [0.25, 0.3) is 0 Å². The van der Waals surface area contributed by atoms with E-state index in [1.807, 2.05) is 0 Å². The molecule has 1 radical (unpaired) electrons. The first-order valence-corrected chi connectivity index (χ1v) is 6.80. The predicted molar refractivity (Wildman–Crippen MR) is 37.7 cm³/mol. The summed E-state index contributed by atoms with van der Waals surface area (Å²) in [5.74, 6) is -1.04. The van der Waals surface area contributed by atoms with E-state index in [0.717, 1.165) is 0 Å². The van der Waals surface area contributed by atoms with Gasteiger partial charge in [0.05, 0.1) is 0 Å². The van der Waals surface area contributed by atoms with Crippen LogP contribution in [0.25, 0.3) is 0 Å². The maximum atomic E-state index is 11.0. The molecule has 2 heterocycles. The molecule has 1 fully saturated rings. The van der Waals surface area contributed by atoms with Crippen molar-refractivity contribution in [2.45, 2.75) is 0 Å². The zero-order chi connectivity index (χ0) is 9.59. The van der Waals surface area contributed by atoms with E-state index < -0.39 is 26.5 Å². The van der Waals surface area contributed by atoms with Gasteiger partial charge in [0, 0.05) is 0 Å². The van der Waals surface area contributed by atoms with Gasteiger partial charge in [0.1, 0.15) is 0 Å². The molecule has 1 saturated heterocycles. The summed E-state index contributed by atoms with van der Waals surface area (Å²) >= 11 is -1.92. The van der Waals surface area contributed by atoms with Crippen LogP contribution < -0.4 is 20.5 Å². The number of halogens is 1. The number of carboxylic acid groups (broad SMARTS) is 1. The van der Waals surface area contributed by atoms with Crippen LogP contribution in [0.2, 0.25) is 0 Å². The molecule has 0 aromatic rings. The van der Waals surface area contributed by atoms with E-state index >= 15 is 0 Å². The van der Waals surface area contributed by atoms with Gasteiger partial charge in [-0.3, -0.25) is 0 Å². The molecule has 0 aromatic heterocycles. The van der Waals surface area contributed by atoms with Gasteiger partial charge in [-0.05, 0) is 0 Å². The normalized spacial score (nSPS) is 22.3. The van der Waals surface area contributed by atoms with Gasteiger partial charge in [-0.2, -0.15) is 0 Å². The summed E-state index contributed by atoms with van der Waals surface area (Å²) in [7, 11) is 0. The Morgan fingerprint density at radius 1 is 1.77 bits per heavy atom. The molecule has 0 aliphatic carbocycles. The maximum absolute atomic E-state index is 11.0. The Labute approximate surface area is 81.9 Å². The zero-order valence-electron chi connectivity index (χ0n) is 6.49. The minimum atomic E-state index is -1.92.